The van der Waals surface area contributed by atoms with Gasteiger partial charge in [-0.3, -0.25) is 4.79 Å². The number of aromatic nitrogens is 4. The number of anilines is 1. The van der Waals surface area contributed by atoms with Crippen LogP contribution in [0.4, 0.5) is 5.82 Å². The van der Waals surface area contributed by atoms with Crippen molar-refractivity contribution >= 4 is 29.0 Å². The van der Waals surface area contributed by atoms with E-state index in [1.807, 2.05) is 43.3 Å². The summed E-state index contributed by atoms with van der Waals surface area (Å²) in [7, 11) is 0. The number of carbonyl (C=O) groups excluding carboxylic acids is 1. The fourth-order valence-corrected chi connectivity index (χ4v) is 3.63. The molecule has 1 atom stereocenters. The Hall–Kier alpha value is -2.67. The molecule has 4 rings (SSSR count). The van der Waals surface area contributed by atoms with Crippen molar-refractivity contribution in [1.82, 2.24) is 25.1 Å². The van der Waals surface area contributed by atoms with Gasteiger partial charge in [0.1, 0.15) is 5.82 Å². The zero-order valence-corrected chi connectivity index (χ0v) is 15.9. The van der Waals surface area contributed by atoms with Crippen LogP contribution < -0.4 is 10.2 Å². The van der Waals surface area contributed by atoms with E-state index in [9.17, 15) is 4.79 Å². The summed E-state index contributed by atoms with van der Waals surface area (Å²) in [6.07, 6.45) is 1.82. The average Bonchev–Trinajstić information content (AvgIpc) is 3.07. The minimum atomic E-state index is -0.0688. The summed E-state index contributed by atoms with van der Waals surface area (Å²) < 4.78 is 1.73. The predicted octanol–water partition coefficient (Wildman–Crippen LogP) is 2.62. The lowest BCUT2D eigenvalue weighted by Crippen LogP contribution is -2.43. The first kappa shape index (κ1) is 17.7. The average molecular weight is 385 g/mol. The summed E-state index contributed by atoms with van der Waals surface area (Å²) in [5, 5.41) is 16.4. The number of piperidine rings is 1. The molecule has 0 bridgehead atoms. The van der Waals surface area contributed by atoms with Gasteiger partial charge in [-0.15, -0.1) is 15.3 Å². The second-order valence-electron chi connectivity index (χ2n) is 6.80. The Labute approximate surface area is 162 Å². The number of benzene rings is 1. The summed E-state index contributed by atoms with van der Waals surface area (Å²) in [6.45, 7) is 3.85. The Morgan fingerprint density at radius 1 is 1.26 bits per heavy atom. The molecule has 0 radical (unpaired) electrons. The van der Waals surface area contributed by atoms with Gasteiger partial charge in [0, 0.05) is 24.7 Å². The second kappa shape index (κ2) is 7.52. The molecule has 140 valence electrons. The molecule has 27 heavy (non-hydrogen) atoms. The van der Waals surface area contributed by atoms with Gasteiger partial charge < -0.3 is 10.2 Å². The van der Waals surface area contributed by atoms with Gasteiger partial charge in [0.15, 0.2) is 11.5 Å². The largest absolute Gasteiger partial charge is 0.354 e. The van der Waals surface area contributed by atoms with E-state index in [0.29, 0.717) is 18.1 Å². The van der Waals surface area contributed by atoms with Crippen molar-refractivity contribution in [2.45, 2.75) is 26.3 Å². The van der Waals surface area contributed by atoms with Crippen LogP contribution in [-0.4, -0.2) is 38.8 Å². The van der Waals surface area contributed by atoms with Gasteiger partial charge in [-0.05, 0) is 43.5 Å². The van der Waals surface area contributed by atoms with E-state index in [1.165, 1.54) is 0 Å². The highest BCUT2D eigenvalue weighted by molar-refractivity contribution is 6.31. The monoisotopic (exact) mass is 384 g/mol. The van der Waals surface area contributed by atoms with Gasteiger partial charge in [-0.2, -0.15) is 4.52 Å². The molecular weight excluding hydrogens is 364 g/mol. The summed E-state index contributed by atoms with van der Waals surface area (Å²) in [4.78, 5) is 14.8. The zero-order valence-electron chi connectivity index (χ0n) is 15.1. The molecule has 1 saturated heterocycles. The number of rotatable bonds is 4. The maximum atomic E-state index is 12.7. The summed E-state index contributed by atoms with van der Waals surface area (Å²) in [6, 6.07) is 11.4. The third kappa shape index (κ3) is 3.73. The molecule has 1 N–H and O–H groups in total. The molecule has 1 amide bonds. The van der Waals surface area contributed by atoms with E-state index in [0.717, 1.165) is 42.2 Å². The molecule has 3 heterocycles. The topological polar surface area (TPSA) is 75.4 Å². The first-order chi connectivity index (χ1) is 13.1. The van der Waals surface area contributed by atoms with Crippen LogP contribution >= 0.6 is 11.6 Å². The number of carbonyl (C=O) groups is 1. The van der Waals surface area contributed by atoms with E-state index in [-0.39, 0.29) is 11.8 Å². The highest BCUT2D eigenvalue weighted by Gasteiger charge is 2.26. The Morgan fingerprint density at radius 2 is 2.11 bits per heavy atom. The zero-order chi connectivity index (χ0) is 18.8. The third-order valence-electron chi connectivity index (χ3n) is 4.93. The Kier molecular flexibility index (Phi) is 4.94. The van der Waals surface area contributed by atoms with Crippen molar-refractivity contribution in [2.24, 2.45) is 5.92 Å². The van der Waals surface area contributed by atoms with Crippen molar-refractivity contribution in [3.8, 4) is 0 Å². The van der Waals surface area contributed by atoms with Crippen LogP contribution in [0.25, 0.3) is 5.65 Å². The van der Waals surface area contributed by atoms with Crippen LogP contribution in [0.5, 0.6) is 0 Å². The smallest absolute Gasteiger partial charge is 0.225 e. The molecule has 3 aromatic rings. The van der Waals surface area contributed by atoms with Crippen LogP contribution in [0, 0.1) is 12.8 Å². The van der Waals surface area contributed by atoms with Crippen LogP contribution in [0.2, 0.25) is 5.02 Å². The summed E-state index contributed by atoms with van der Waals surface area (Å²) in [5.41, 5.74) is 1.65. The standard InChI is InChI=1S/C19H21ClN6O/c1-13-22-23-17-8-9-18(24-26(13)17)25-10-4-6-15(12-25)19(27)21-11-14-5-2-3-7-16(14)20/h2-3,5,7-9,15H,4,6,10-12H2,1H3,(H,21,27). The van der Waals surface area contributed by atoms with E-state index < -0.39 is 0 Å². The van der Waals surface area contributed by atoms with Gasteiger partial charge in [0.05, 0.1) is 5.92 Å². The number of hydrogen-bond acceptors (Lipinski definition) is 5. The van der Waals surface area contributed by atoms with Gasteiger partial charge in [-0.25, -0.2) is 0 Å². The minimum Gasteiger partial charge on any atom is -0.354 e. The molecule has 1 aliphatic rings. The van der Waals surface area contributed by atoms with Crippen molar-refractivity contribution in [3.63, 3.8) is 0 Å². The normalized spacial score (nSPS) is 17.3. The molecular formula is C19H21ClN6O. The van der Waals surface area contributed by atoms with Gasteiger partial charge in [0.25, 0.3) is 0 Å². The van der Waals surface area contributed by atoms with Crippen molar-refractivity contribution < 1.29 is 4.79 Å². The number of fused-ring (bicyclic) bond motifs is 1. The number of amides is 1. The Bertz CT molecular complexity index is 972. The Balaban J connectivity index is 1.43. The van der Waals surface area contributed by atoms with Gasteiger partial charge in [-0.1, -0.05) is 29.8 Å². The van der Waals surface area contributed by atoms with E-state index in [2.05, 4.69) is 25.5 Å². The van der Waals surface area contributed by atoms with Crippen LogP contribution in [-0.2, 0) is 11.3 Å². The molecule has 1 aliphatic heterocycles. The summed E-state index contributed by atoms with van der Waals surface area (Å²) in [5.74, 6) is 1.58. The highest BCUT2D eigenvalue weighted by atomic mass is 35.5. The molecule has 0 saturated carbocycles. The third-order valence-corrected chi connectivity index (χ3v) is 5.30. The number of aryl methyl sites for hydroxylation is 1. The SMILES string of the molecule is Cc1nnc2ccc(N3CCCC(C(=O)NCc4ccccc4Cl)C3)nn12. The van der Waals surface area contributed by atoms with E-state index >= 15 is 0 Å². The maximum absolute atomic E-state index is 12.7. The van der Waals surface area contributed by atoms with Crippen molar-refractivity contribution in [1.29, 1.82) is 0 Å². The number of hydrogen-bond donors (Lipinski definition) is 1. The van der Waals surface area contributed by atoms with Crippen LogP contribution in [0.3, 0.4) is 0 Å². The van der Waals surface area contributed by atoms with Gasteiger partial charge in [0.2, 0.25) is 5.91 Å². The molecule has 7 nitrogen and oxygen atoms in total. The number of halogens is 1. The van der Waals surface area contributed by atoms with Gasteiger partial charge >= 0.3 is 0 Å². The van der Waals surface area contributed by atoms with E-state index in [4.69, 9.17) is 11.6 Å². The van der Waals surface area contributed by atoms with Crippen molar-refractivity contribution in [3.05, 3.63) is 52.8 Å². The Morgan fingerprint density at radius 3 is 2.96 bits per heavy atom. The number of nitrogens with zero attached hydrogens (tertiary/aromatic N) is 5. The molecule has 8 heteroatoms. The second-order valence-corrected chi connectivity index (χ2v) is 7.21. The molecule has 2 aromatic heterocycles. The molecule has 0 spiro atoms. The van der Waals surface area contributed by atoms with Crippen LogP contribution in [0.1, 0.15) is 24.2 Å². The predicted molar refractivity (Wildman–Crippen MR) is 104 cm³/mol. The first-order valence-corrected chi connectivity index (χ1v) is 9.45. The van der Waals surface area contributed by atoms with E-state index in [1.54, 1.807) is 4.52 Å². The lowest BCUT2D eigenvalue weighted by atomic mass is 9.97. The lowest BCUT2D eigenvalue weighted by Gasteiger charge is -2.32. The molecule has 1 aromatic carbocycles. The fourth-order valence-electron chi connectivity index (χ4n) is 3.42. The number of nitrogens with one attached hydrogen (secondary N) is 1. The highest BCUT2D eigenvalue weighted by Crippen LogP contribution is 2.22. The van der Waals surface area contributed by atoms with Crippen molar-refractivity contribution in [2.75, 3.05) is 18.0 Å². The quantitative estimate of drug-likeness (QED) is 0.748. The lowest BCUT2D eigenvalue weighted by molar-refractivity contribution is -0.125. The van der Waals surface area contributed by atoms with Crippen LogP contribution in [0.15, 0.2) is 36.4 Å². The molecule has 0 aliphatic carbocycles. The maximum Gasteiger partial charge on any atom is 0.225 e. The first-order valence-electron chi connectivity index (χ1n) is 9.07. The molecule has 1 fully saturated rings. The molecule has 1 unspecified atom stereocenters. The minimum absolute atomic E-state index is 0.0566. The summed E-state index contributed by atoms with van der Waals surface area (Å²) >= 11 is 6.17. The fraction of sp³-hybridized carbons (Fsp3) is 0.368.